The first-order chi connectivity index (χ1) is 7.82. The number of ketones is 1. The summed E-state index contributed by atoms with van der Waals surface area (Å²) in [6, 6.07) is 0. The molecule has 1 aliphatic carbocycles. The van der Waals surface area contributed by atoms with E-state index in [2.05, 4.69) is 0 Å². The first-order valence-corrected chi connectivity index (χ1v) is 6.05. The van der Waals surface area contributed by atoms with E-state index in [-0.39, 0.29) is 11.9 Å². The number of hydrogen-bond donors (Lipinski definition) is 0. The Bertz CT molecular complexity index is 381. The standard InChI is InChI=1S/C13H19NO3/c1-12(2,3)17-11(16)14-8-4-6-13(14)7-5-10(15)9-13/h5,7H,4,6,8-9H2,1-3H3/t13-/m1/s1. The molecule has 17 heavy (non-hydrogen) atoms. The lowest BCUT2D eigenvalue weighted by Gasteiger charge is -2.34. The molecule has 1 amide bonds. The summed E-state index contributed by atoms with van der Waals surface area (Å²) in [6.07, 6.45) is 5.33. The number of carbonyl (C=O) groups excluding carboxylic acids is 2. The van der Waals surface area contributed by atoms with Gasteiger partial charge >= 0.3 is 6.09 Å². The minimum atomic E-state index is -0.493. The summed E-state index contributed by atoms with van der Waals surface area (Å²) in [5.74, 6) is 0.0976. The predicted molar refractivity (Wildman–Crippen MR) is 63.7 cm³/mol. The van der Waals surface area contributed by atoms with Gasteiger partial charge in [-0.25, -0.2) is 4.79 Å². The zero-order valence-electron chi connectivity index (χ0n) is 10.7. The van der Waals surface area contributed by atoms with E-state index in [1.54, 1.807) is 11.0 Å². The van der Waals surface area contributed by atoms with E-state index in [0.717, 1.165) is 12.8 Å². The monoisotopic (exact) mass is 237 g/mol. The Labute approximate surface area is 102 Å². The summed E-state index contributed by atoms with van der Waals surface area (Å²) < 4.78 is 5.39. The van der Waals surface area contributed by atoms with Gasteiger partial charge in [-0.2, -0.15) is 0 Å². The van der Waals surface area contributed by atoms with E-state index >= 15 is 0 Å². The van der Waals surface area contributed by atoms with Crippen molar-refractivity contribution in [1.29, 1.82) is 0 Å². The lowest BCUT2D eigenvalue weighted by Crippen LogP contribution is -2.47. The van der Waals surface area contributed by atoms with Crippen LogP contribution in [0.4, 0.5) is 4.79 Å². The van der Waals surface area contributed by atoms with E-state index in [9.17, 15) is 9.59 Å². The zero-order valence-corrected chi connectivity index (χ0v) is 10.7. The van der Waals surface area contributed by atoms with Crippen molar-refractivity contribution in [2.45, 2.75) is 51.2 Å². The Kier molecular flexibility index (Phi) is 2.76. The third-order valence-corrected chi connectivity index (χ3v) is 3.20. The van der Waals surface area contributed by atoms with Crippen LogP contribution in [0.15, 0.2) is 12.2 Å². The minimum absolute atomic E-state index is 0.0976. The maximum absolute atomic E-state index is 12.1. The van der Waals surface area contributed by atoms with Crippen molar-refractivity contribution < 1.29 is 14.3 Å². The lowest BCUT2D eigenvalue weighted by atomic mass is 9.96. The SMILES string of the molecule is CC(C)(C)OC(=O)N1CCC[C@]12C=CC(=O)C2. The van der Waals surface area contributed by atoms with Crippen LogP contribution in [-0.4, -0.2) is 34.5 Å². The molecule has 0 unspecified atom stereocenters. The number of ether oxygens (including phenoxy) is 1. The summed E-state index contributed by atoms with van der Waals surface area (Å²) in [7, 11) is 0. The highest BCUT2D eigenvalue weighted by Gasteiger charge is 2.46. The molecular weight excluding hydrogens is 218 g/mol. The van der Waals surface area contributed by atoms with Crippen LogP contribution < -0.4 is 0 Å². The van der Waals surface area contributed by atoms with Crippen LogP contribution in [0.2, 0.25) is 0 Å². The summed E-state index contributed by atoms with van der Waals surface area (Å²) in [5.41, 5.74) is -0.896. The van der Waals surface area contributed by atoms with Crippen LogP contribution in [-0.2, 0) is 9.53 Å². The van der Waals surface area contributed by atoms with Crippen LogP contribution in [0.3, 0.4) is 0 Å². The lowest BCUT2D eigenvalue weighted by molar-refractivity contribution is -0.115. The van der Waals surface area contributed by atoms with Crippen molar-refractivity contribution in [1.82, 2.24) is 4.90 Å². The molecule has 1 saturated heterocycles. The topological polar surface area (TPSA) is 46.6 Å². The van der Waals surface area contributed by atoms with Gasteiger partial charge in [0.15, 0.2) is 5.78 Å². The first-order valence-electron chi connectivity index (χ1n) is 6.05. The fourth-order valence-electron chi connectivity index (χ4n) is 2.52. The molecule has 1 fully saturated rings. The molecule has 0 N–H and O–H groups in total. The Morgan fingerprint density at radius 1 is 1.47 bits per heavy atom. The molecule has 0 bridgehead atoms. The summed E-state index contributed by atoms with van der Waals surface area (Å²) in [6.45, 7) is 6.22. The van der Waals surface area contributed by atoms with Crippen LogP contribution in [0.1, 0.15) is 40.0 Å². The summed E-state index contributed by atoms with van der Waals surface area (Å²) in [4.78, 5) is 25.2. The fraction of sp³-hybridized carbons (Fsp3) is 0.692. The Balaban J connectivity index is 2.13. The molecule has 1 atom stereocenters. The second kappa shape index (κ2) is 3.86. The number of nitrogens with zero attached hydrogens (tertiary/aromatic N) is 1. The molecule has 1 heterocycles. The van der Waals surface area contributed by atoms with Gasteiger partial charge in [-0.1, -0.05) is 6.08 Å². The quantitative estimate of drug-likeness (QED) is 0.649. The molecule has 1 aliphatic heterocycles. The fourth-order valence-corrected chi connectivity index (χ4v) is 2.52. The molecule has 4 heteroatoms. The number of hydrogen-bond acceptors (Lipinski definition) is 3. The second-order valence-corrected chi connectivity index (χ2v) is 5.82. The second-order valence-electron chi connectivity index (χ2n) is 5.82. The van der Waals surface area contributed by atoms with Gasteiger partial charge in [0, 0.05) is 13.0 Å². The molecule has 1 spiro atoms. The molecule has 0 aromatic rings. The molecule has 2 aliphatic rings. The van der Waals surface area contributed by atoms with Crippen molar-refractivity contribution in [3.05, 3.63) is 12.2 Å². The Hall–Kier alpha value is -1.32. The molecule has 94 valence electrons. The zero-order chi connectivity index (χ0) is 12.7. The predicted octanol–water partition coefficient (Wildman–Crippen LogP) is 2.29. The maximum atomic E-state index is 12.1. The third-order valence-electron chi connectivity index (χ3n) is 3.20. The first kappa shape index (κ1) is 12.1. The molecular formula is C13H19NO3. The number of likely N-dealkylation sites (tertiary alicyclic amines) is 1. The van der Waals surface area contributed by atoms with Gasteiger partial charge in [0.2, 0.25) is 0 Å². The van der Waals surface area contributed by atoms with Gasteiger partial charge in [0.05, 0.1) is 5.54 Å². The summed E-state index contributed by atoms with van der Waals surface area (Å²) in [5, 5.41) is 0. The maximum Gasteiger partial charge on any atom is 0.411 e. The van der Waals surface area contributed by atoms with Gasteiger partial charge in [0.25, 0.3) is 0 Å². The van der Waals surface area contributed by atoms with Gasteiger partial charge in [-0.15, -0.1) is 0 Å². The van der Waals surface area contributed by atoms with E-state index in [1.165, 1.54) is 0 Å². The molecule has 2 rings (SSSR count). The van der Waals surface area contributed by atoms with Crippen molar-refractivity contribution >= 4 is 11.9 Å². The normalized spacial score (nSPS) is 28.2. The molecule has 4 nitrogen and oxygen atoms in total. The van der Waals surface area contributed by atoms with E-state index in [4.69, 9.17) is 4.74 Å². The van der Waals surface area contributed by atoms with Crippen LogP contribution in [0.25, 0.3) is 0 Å². The van der Waals surface area contributed by atoms with E-state index < -0.39 is 11.1 Å². The third kappa shape index (κ3) is 2.35. The van der Waals surface area contributed by atoms with Crippen molar-refractivity contribution in [2.24, 2.45) is 0 Å². The van der Waals surface area contributed by atoms with Crippen molar-refractivity contribution in [3.63, 3.8) is 0 Å². The largest absolute Gasteiger partial charge is 0.444 e. The van der Waals surface area contributed by atoms with Gasteiger partial charge < -0.3 is 4.74 Å². The van der Waals surface area contributed by atoms with Crippen LogP contribution in [0.5, 0.6) is 0 Å². The average Bonchev–Trinajstić information content (AvgIpc) is 2.72. The number of amides is 1. The van der Waals surface area contributed by atoms with E-state index in [0.29, 0.717) is 13.0 Å². The highest BCUT2D eigenvalue weighted by molar-refractivity contribution is 5.94. The van der Waals surface area contributed by atoms with Gasteiger partial charge in [0.1, 0.15) is 5.60 Å². The Morgan fingerprint density at radius 3 is 2.71 bits per heavy atom. The van der Waals surface area contributed by atoms with E-state index in [1.807, 2.05) is 26.8 Å². The number of rotatable bonds is 0. The molecule has 0 saturated carbocycles. The van der Waals surface area contributed by atoms with Crippen molar-refractivity contribution in [2.75, 3.05) is 6.54 Å². The number of allylic oxidation sites excluding steroid dienone is 1. The Morgan fingerprint density at radius 2 is 2.18 bits per heavy atom. The molecule has 0 radical (unpaired) electrons. The van der Waals surface area contributed by atoms with Crippen LogP contribution in [0, 0.1) is 0 Å². The molecule has 0 aromatic carbocycles. The van der Waals surface area contributed by atoms with Crippen LogP contribution >= 0.6 is 0 Å². The molecule has 0 aromatic heterocycles. The van der Waals surface area contributed by atoms with Gasteiger partial charge in [-0.05, 0) is 39.7 Å². The number of carbonyl (C=O) groups is 2. The summed E-state index contributed by atoms with van der Waals surface area (Å²) >= 11 is 0. The highest BCUT2D eigenvalue weighted by Crippen LogP contribution is 2.38. The van der Waals surface area contributed by atoms with Crippen molar-refractivity contribution in [3.8, 4) is 0 Å². The smallest absolute Gasteiger partial charge is 0.411 e. The minimum Gasteiger partial charge on any atom is -0.444 e. The average molecular weight is 237 g/mol. The highest BCUT2D eigenvalue weighted by atomic mass is 16.6. The van der Waals surface area contributed by atoms with Gasteiger partial charge in [-0.3, -0.25) is 9.69 Å².